The minimum Gasteiger partial charge on any atom is -0.398 e. The number of nitrogens with zero attached hydrogens (tertiary/aromatic N) is 1. The van der Waals surface area contributed by atoms with Crippen LogP contribution < -0.4 is 11.5 Å². The number of benzene rings is 1. The fraction of sp³-hybridized carbons (Fsp3) is 0.111. The SMILES string of the molecule is NCC#Cc1ccc([N+](=O)[O-])cc1N. The first-order valence-corrected chi connectivity index (χ1v) is 3.88. The van der Waals surface area contributed by atoms with Crippen molar-refractivity contribution in [3.63, 3.8) is 0 Å². The molecule has 5 heteroatoms. The van der Waals surface area contributed by atoms with Crippen LogP contribution in [-0.4, -0.2) is 11.5 Å². The van der Waals surface area contributed by atoms with E-state index in [9.17, 15) is 10.1 Å². The van der Waals surface area contributed by atoms with Crippen molar-refractivity contribution in [1.82, 2.24) is 0 Å². The van der Waals surface area contributed by atoms with Crippen LogP contribution in [0.4, 0.5) is 11.4 Å². The van der Waals surface area contributed by atoms with E-state index in [1.165, 1.54) is 18.2 Å². The number of anilines is 1. The summed E-state index contributed by atoms with van der Waals surface area (Å²) in [5, 5.41) is 10.4. The lowest BCUT2D eigenvalue weighted by Crippen LogP contribution is -1.96. The highest BCUT2D eigenvalue weighted by atomic mass is 16.6. The molecule has 0 radical (unpaired) electrons. The summed E-state index contributed by atoms with van der Waals surface area (Å²) in [6, 6.07) is 4.15. The Bertz CT molecular complexity index is 418. The summed E-state index contributed by atoms with van der Waals surface area (Å²) < 4.78 is 0. The van der Waals surface area contributed by atoms with E-state index in [2.05, 4.69) is 11.8 Å². The van der Waals surface area contributed by atoms with Crippen LogP contribution in [0.15, 0.2) is 18.2 Å². The van der Waals surface area contributed by atoms with Gasteiger partial charge in [0.05, 0.1) is 17.2 Å². The Balaban J connectivity index is 3.07. The topological polar surface area (TPSA) is 95.2 Å². The zero-order chi connectivity index (χ0) is 10.6. The van der Waals surface area contributed by atoms with Crippen molar-refractivity contribution >= 4 is 11.4 Å². The van der Waals surface area contributed by atoms with E-state index in [1.54, 1.807) is 0 Å². The average Bonchev–Trinajstić information content (AvgIpc) is 2.15. The Morgan fingerprint density at radius 3 is 2.71 bits per heavy atom. The number of nitrogens with two attached hydrogens (primary N) is 2. The maximum absolute atomic E-state index is 10.4. The summed E-state index contributed by atoms with van der Waals surface area (Å²) in [6.07, 6.45) is 0. The molecule has 4 N–H and O–H groups in total. The second kappa shape index (κ2) is 4.25. The van der Waals surface area contributed by atoms with E-state index in [0.29, 0.717) is 11.3 Å². The lowest BCUT2D eigenvalue weighted by Gasteiger charge is -1.97. The molecule has 1 aromatic rings. The molecule has 72 valence electrons. The standard InChI is InChI=1S/C9H9N3O2/c10-5-1-2-7-3-4-8(12(13)14)6-9(7)11/h3-4,6H,5,10-11H2. The van der Waals surface area contributed by atoms with Crippen LogP contribution in [0.3, 0.4) is 0 Å². The van der Waals surface area contributed by atoms with E-state index in [1.807, 2.05) is 0 Å². The highest BCUT2D eigenvalue weighted by Crippen LogP contribution is 2.18. The van der Waals surface area contributed by atoms with Gasteiger partial charge in [-0.25, -0.2) is 0 Å². The number of hydrogen-bond acceptors (Lipinski definition) is 4. The summed E-state index contributed by atoms with van der Waals surface area (Å²) in [7, 11) is 0. The van der Waals surface area contributed by atoms with Crippen molar-refractivity contribution in [1.29, 1.82) is 0 Å². The van der Waals surface area contributed by atoms with Crippen molar-refractivity contribution in [2.24, 2.45) is 5.73 Å². The van der Waals surface area contributed by atoms with Crippen LogP contribution in [0.1, 0.15) is 5.56 Å². The predicted molar refractivity (Wildman–Crippen MR) is 53.4 cm³/mol. The van der Waals surface area contributed by atoms with Gasteiger partial charge in [0.2, 0.25) is 0 Å². The smallest absolute Gasteiger partial charge is 0.271 e. The monoisotopic (exact) mass is 191 g/mol. The van der Waals surface area contributed by atoms with Gasteiger partial charge < -0.3 is 11.5 Å². The first-order chi connectivity index (χ1) is 6.65. The van der Waals surface area contributed by atoms with Crippen LogP contribution in [0.25, 0.3) is 0 Å². The summed E-state index contributed by atoms with van der Waals surface area (Å²) in [4.78, 5) is 9.87. The molecule has 0 aliphatic carbocycles. The zero-order valence-corrected chi connectivity index (χ0v) is 7.36. The van der Waals surface area contributed by atoms with Gasteiger partial charge in [-0.1, -0.05) is 11.8 Å². The van der Waals surface area contributed by atoms with E-state index in [0.717, 1.165) is 0 Å². The van der Waals surface area contributed by atoms with Gasteiger partial charge in [-0.2, -0.15) is 0 Å². The number of nitrogen functional groups attached to an aromatic ring is 1. The van der Waals surface area contributed by atoms with Gasteiger partial charge in [0, 0.05) is 17.7 Å². The van der Waals surface area contributed by atoms with Crippen LogP contribution in [0.2, 0.25) is 0 Å². The molecule has 0 aromatic heterocycles. The number of nitro groups is 1. The van der Waals surface area contributed by atoms with Crippen molar-refractivity contribution in [2.75, 3.05) is 12.3 Å². The minimum atomic E-state index is -0.503. The van der Waals surface area contributed by atoms with Gasteiger partial charge >= 0.3 is 0 Å². The number of non-ortho nitro benzene ring substituents is 1. The summed E-state index contributed by atoms with van der Waals surface area (Å²) in [6.45, 7) is 0.233. The molecule has 1 aromatic carbocycles. The van der Waals surface area contributed by atoms with Gasteiger partial charge in [-0.3, -0.25) is 10.1 Å². The van der Waals surface area contributed by atoms with Crippen LogP contribution >= 0.6 is 0 Å². The van der Waals surface area contributed by atoms with Gasteiger partial charge in [0.1, 0.15) is 0 Å². The molecule has 5 nitrogen and oxygen atoms in total. The summed E-state index contributed by atoms with van der Waals surface area (Å²) >= 11 is 0. The molecular formula is C9H9N3O2. The quantitative estimate of drug-likeness (QED) is 0.292. The molecule has 14 heavy (non-hydrogen) atoms. The highest BCUT2D eigenvalue weighted by molar-refractivity contribution is 5.60. The van der Waals surface area contributed by atoms with Crippen LogP contribution in [0, 0.1) is 22.0 Å². The molecule has 1 rings (SSSR count). The Morgan fingerprint density at radius 1 is 1.50 bits per heavy atom. The van der Waals surface area contributed by atoms with Crippen molar-refractivity contribution in [2.45, 2.75) is 0 Å². The van der Waals surface area contributed by atoms with E-state index < -0.39 is 4.92 Å². The Kier molecular flexibility index (Phi) is 3.05. The zero-order valence-electron chi connectivity index (χ0n) is 7.36. The van der Waals surface area contributed by atoms with Gasteiger partial charge in [-0.05, 0) is 6.07 Å². The van der Waals surface area contributed by atoms with Crippen molar-refractivity contribution < 1.29 is 4.92 Å². The summed E-state index contributed by atoms with van der Waals surface area (Å²) in [5.74, 6) is 5.34. The third-order valence-electron chi connectivity index (χ3n) is 1.57. The Labute approximate surface area is 80.9 Å². The summed E-state index contributed by atoms with van der Waals surface area (Å²) in [5.41, 5.74) is 11.5. The largest absolute Gasteiger partial charge is 0.398 e. The Hall–Kier alpha value is -2.06. The number of rotatable bonds is 1. The fourth-order valence-corrected chi connectivity index (χ4v) is 0.924. The second-order valence-corrected chi connectivity index (χ2v) is 2.53. The second-order valence-electron chi connectivity index (χ2n) is 2.53. The van der Waals surface area contributed by atoms with Gasteiger partial charge in [-0.15, -0.1) is 0 Å². The molecule has 0 heterocycles. The molecule has 0 unspecified atom stereocenters. The fourth-order valence-electron chi connectivity index (χ4n) is 0.924. The minimum absolute atomic E-state index is 0.0409. The molecular weight excluding hydrogens is 182 g/mol. The first-order valence-electron chi connectivity index (χ1n) is 3.88. The Morgan fingerprint density at radius 2 is 2.21 bits per heavy atom. The molecule has 0 aliphatic heterocycles. The number of hydrogen-bond donors (Lipinski definition) is 2. The molecule has 0 amide bonds. The van der Waals surface area contributed by atoms with E-state index in [-0.39, 0.29) is 12.2 Å². The maximum atomic E-state index is 10.4. The third-order valence-corrected chi connectivity index (χ3v) is 1.57. The molecule has 0 bridgehead atoms. The van der Waals surface area contributed by atoms with Crippen LogP contribution in [0.5, 0.6) is 0 Å². The number of nitro benzene ring substituents is 1. The van der Waals surface area contributed by atoms with Crippen molar-refractivity contribution in [3.8, 4) is 11.8 Å². The van der Waals surface area contributed by atoms with Crippen LogP contribution in [-0.2, 0) is 0 Å². The maximum Gasteiger partial charge on any atom is 0.271 e. The normalized spacial score (nSPS) is 8.93. The molecule has 0 aliphatic rings. The highest BCUT2D eigenvalue weighted by Gasteiger charge is 2.06. The average molecular weight is 191 g/mol. The molecule has 0 spiro atoms. The van der Waals surface area contributed by atoms with Gasteiger partial charge in [0.25, 0.3) is 5.69 Å². The molecule has 0 saturated heterocycles. The van der Waals surface area contributed by atoms with Gasteiger partial charge in [0.15, 0.2) is 0 Å². The van der Waals surface area contributed by atoms with E-state index in [4.69, 9.17) is 11.5 Å². The molecule has 0 saturated carbocycles. The predicted octanol–water partition coefficient (Wildman–Crippen LogP) is 0.487. The van der Waals surface area contributed by atoms with E-state index >= 15 is 0 Å². The van der Waals surface area contributed by atoms with Crippen molar-refractivity contribution in [3.05, 3.63) is 33.9 Å². The first kappa shape index (κ1) is 10.0. The molecule has 0 fully saturated rings. The lowest BCUT2D eigenvalue weighted by atomic mass is 10.1. The third kappa shape index (κ3) is 2.21. The molecule has 0 atom stereocenters. The lowest BCUT2D eigenvalue weighted by molar-refractivity contribution is -0.384.